The molecule has 0 radical (unpaired) electrons. The van der Waals surface area contributed by atoms with E-state index >= 15 is 0 Å². The number of carbonyl (C=O) groups is 2. The highest BCUT2D eigenvalue weighted by Gasteiger charge is 2.06. The highest BCUT2D eigenvalue weighted by molar-refractivity contribution is 7.98. The van der Waals surface area contributed by atoms with Crippen molar-refractivity contribution in [1.82, 2.24) is 4.98 Å². The molecule has 0 aliphatic rings. The Bertz CT molecular complexity index is 310. The quantitative estimate of drug-likeness (QED) is 0.314. The van der Waals surface area contributed by atoms with Crippen LogP contribution in [0.15, 0.2) is 23.4 Å². The van der Waals surface area contributed by atoms with E-state index in [1.165, 1.54) is 18.0 Å². The van der Waals surface area contributed by atoms with Gasteiger partial charge in [-0.15, -0.1) is 11.8 Å². The van der Waals surface area contributed by atoms with Crippen LogP contribution in [0.1, 0.15) is 10.4 Å². The van der Waals surface area contributed by atoms with Crippen LogP contribution in [0.3, 0.4) is 0 Å². The van der Waals surface area contributed by atoms with E-state index in [1.54, 1.807) is 12.1 Å². The zero-order chi connectivity index (χ0) is 9.68. The molecule has 0 N–H and O–H groups in total. The van der Waals surface area contributed by atoms with Gasteiger partial charge in [-0.3, -0.25) is 4.79 Å². The van der Waals surface area contributed by atoms with Crippen LogP contribution in [-0.2, 0) is 9.53 Å². The van der Waals surface area contributed by atoms with E-state index in [2.05, 4.69) is 9.72 Å². The molecule has 0 aliphatic heterocycles. The van der Waals surface area contributed by atoms with Crippen LogP contribution in [0.25, 0.3) is 0 Å². The summed E-state index contributed by atoms with van der Waals surface area (Å²) in [5.74, 6) is -0.685. The predicted molar refractivity (Wildman–Crippen MR) is 47.5 cm³/mol. The van der Waals surface area contributed by atoms with Crippen LogP contribution in [0.5, 0.6) is 0 Å². The molecule has 1 aromatic heterocycles. The average Bonchev–Trinajstić information content (AvgIpc) is 2.18. The standard InChI is InChI=1S/C8H7NO3S/c1-13-7-3-2-6(4-9-7)8(11)12-5-10/h2-5H,1H3. The van der Waals surface area contributed by atoms with Crippen LogP contribution in [0.4, 0.5) is 0 Å². The van der Waals surface area contributed by atoms with Gasteiger partial charge in [-0.2, -0.15) is 0 Å². The van der Waals surface area contributed by atoms with Crippen molar-refractivity contribution in [3.05, 3.63) is 23.9 Å². The van der Waals surface area contributed by atoms with Crippen molar-refractivity contribution in [1.29, 1.82) is 0 Å². The Morgan fingerprint density at radius 2 is 2.38 bits per heavy atom. The van der Waals surface area contributed by atoms with E-state index in [4.69, 9.17) is 0 Å². The highest BCUT2D eigenvalue weighted by atomic mass is 32.2. The van der Waals surface area contributed by atoms with Gasteiger partial charge in [-0.25, -0.2) is 9.78 Å². The molecule has 0 unspecified atom stereocenters. The third-order valence-corrected chi connectivity index (χ3v) is 2.00. The van der Waals surface area contributed by atoms with Crippen molar-refractivity contribution in [3.63, 3.8) is 0 Å². The molecule has 1 heterocycles. The largest absolute Gasteiger partial charge is 0.392 e. The minimum absolute atomic E-state index is 0.102. The fraction of sp³-hybridized carbons (Fsp3) is 0.125. The lowest BCUT2D eigenvalue weighted by atomic mass is 10.3. The third kappa shape index (κ3) is 2.55. The molecule has 13 heavy (non-hydrogen) atoms. The molecular formula is C8H7NO3S. The molecule has 0 bridgehead atoms. The molecule has 68 valence electrons. The van der Waals surface area contributed by atoms with E-state index in [1.807, 2.05) is 6.26 Å². The van der Waals surface area contributed by atoms with Gasteiger partial charge in [0.25, 0.3) is 0 Å². The van der Waals surface area contributed by atoms with Gasteiger partial charge in [-0.05, 0) is 18.4 Å². The van der Waals surface area contributed by atoms with Gasteiger partial charge in [0, 0.05) is 6.20 Å². The Labute approximate surface area is 79.3 Å². The molecule has 0 atom stereocenters. The first-order chi connectivity index (χ1) is 6.27. The lowest BCUT2D eigenvalue weighted by Crippen LogP contribution is -2.03. The minimum atomic E-state index is -0.685. The SMILES string of the molecule is CSc1ccc(C(=O)OC=O)cn1. The van der Waals surface area contributed by atoms with Crippen molar-refractivity contribution in [2.24, 2.45) is 0 Å². The van der Waals surface area contributed by atoms with E-state index < -0.39 is 5.97 Å². The monoisotopic (exact) mass is 197 g/mol. The smallest absolute Gasteiger partial charge is 0.347 e. The number of carbonyl (C=O) groups excluding carboxylic acids is 2. The molecule has 1 aromatic rings. The second-order valence-electron chi connectivity index (χ2n) is 2.09. The van der Waals surface area contributed by atoms with Gasteiger partial charge in [0.05, 0.1) is 10.6 Å². The van der Waals surface area contributed by atoms with Crippen LogP contribution < -0.4 is 0 Å². The summed E-state index contributed by atoms with van der Waals surface area (Å²) in [6.07, 6.45) is 3.25. The first-order valence-corrected chi connectivity index (χ1v) is 4.65. The zero-order valence-electron chi connectivity index (χ0n) is 6.89. The molecule has 5 heteroatoms. The number of hydrogen-bond donors (Lipinski definition) is 0. The fourth-order valence-corrected chi connectivity index (χ4v) is 1.10. The topological polar surface area (TPSA) is 56.3 Å². The number of aromatic nitrogens is 1. The van der Waals surface area contributed by atoms with Gasteiger partial charge in [0.1, 0.15) is 0 Å². The molecule has 0 saturated carbocycles. The van der Waals surface area contributed by atoms with Crippen LogP contribution in [-0.4, -0.2) is 23.7 Å². The Morgan fingerprint density at radius 3 is 2.85 bits per heavy atom. The molecule has 0 saturated heterocycles. The lowest BCUT2D eigenvalue weighted by molar-refractivity contribution is -0.123. The van der Waals surface area contributed by atoms with Gasteiger partial charge >= 0.3 is 12.4 Å². The normalized spacial score (nSPS) is 9.31. The number of ether oxygens (including phenoxy) is 1. The van der Waals surface area contributed by atoms with Gasteiger partial charge in [0.2, 0.25) is 0 Å². The Morgan fingerprint density at radius 1 is 1.62 bits per heavy atom. The fourth-order valence-electron chi connectivity index (χ4n) is 0.734. The second kappa shape index (κ2) is 4.61. The van der Waals surface area contributed by atoms with E-state index in [9.17, 15) is 9.59 Å². The van der Waals surface area contributed by atoms with Gasteiger partial charge < -0.3 is 4.74 Å². The van der Waals surface area contributed by atoms with Crippen molar-refractivity contribution >= 4 is 24.2 Å². The summed E-state index contributed by atoms with van der Waals surface area (Å²) in [6.45, 7) is 0.102. The van der Waals surface area contributed by atoms with Crippen LogP contribution >= 0.6 is 11.8 Å². The van der Waals surface area contributed by atoms with E-state index in [0.717, 1.165) is 5.03 Å². The maximum absolute atomic E-state index is 10.9. The van der Waals surface area contributed by atoms with Gasteiger partial charge in [0.15, 0.2) is 0 Å². The predicted octanol–water partition coefficient (Wildman–Crippen LogP) is 1.12. The molecule has 4 nitrogen and oxygen atoms in total. The Kier molecular flexibility index (Phi) is 3.45. The summed E-state index contributed by atoms with van der Waals surface area (Å²) in [7, 11) is 0. The van der Waals surface area contributed by atoms with Crippen molar-refractivity contribution in [2.75, 3.05) is 6.26 Å². The Balaban J connectivity index is 2.79. The van der Waals surface area contributed by atoms with E-state index in [0.29, 0.717) is 0 Å². The second-order valence-corrected chi connectivity index (χ2v) is 2.92. The molecule has 0 spiro atoms. The van der Waals surface area contributed by atoms with Crippen molar-refractivity contribution in [2.45, 2.75) is 5.03 Å². The summed E-state index contributed by atoms with van der Waals surface area (Å²) in [5.41, 5.74) is 0.268. The van der Waals surface area contributed by atoms with Gasteiger partial charge in [-0.1, -0.05) is 0 Å². The average molecular weight is 197 g/mol. The summed E-state index contributed by atoms with van der Waals surface area (Å²) in [6, 6.07) is 3.25. The number of rotatable bonds is 3. The van der Waals surface area contributed by atoms with Crippen molar-refractivity contribution in [3.8, 4) is 0 Å². The summed E-state index contributed by atoms with van der Waals surface area (Å²) in [5, 5.41) is 0.808. The van der Waals surface area contributed by atoms with E-state index in [-0.39, 0.29) is 12.0 Å². The summed E-state index contributed by atoms with van der Waals surface area (Å²) in [4.78, 5) is 24.7. The number of thioether (sulfide) groups is 1. The number of esters is 1. The molecular weight excluding hydrogens is 190 g/mol. The number of pyridine rings is 1. The first kappa shape index (κ1) is 9.73. The number of hydrogen-bond acceptors (Lipinski definition) is 5. The maximum atomic E-state index is 10.9. The molecule has 0 amide bonds. The molecule has 0 aromatic carbocycles. The third-order valence-electron chi connectivity index (χ3n) is 1.34. The molecule has 0 aliphatic carbocycles. The van der Waals surface area contributed by atoms with Crippen LogP contribution in [0, 0.1) is 0 Å². The molecule has 1 rings (SSSR count). The maximum Gasteiger partial charge on any atom is 0.347 e. The molecule has 0 fully saturated rings. The zero-order valence-corrected chi connectivity index (χ0v) is 7.71. The summed E-state index contributed by atoms with van der Waals surface area (Å²) < 4.78 is 4.14. The van der Waals surface area contributed by atoms with Crippen LogP contribution in [0.2, 0.25) is 0 Å². The lowest BCUT2D eigenvalue weighted by Gasteiger charge is -1.97. The summed E-state index contributed by atoms with van der Waals surface area (Å²) >= 11 is 1.47. The van der Waals surface area contributed by atoms with Crippen molar-refractivity contribution < 1.29 is 14.3 Å². The Hall–Kier alpha value is -1.36. The first-order valence-electron chi connectivity index (χ1n) is 3.42. The number of nitrogens with zero attached hydrogens (tertiary/aromatic N) is 1. The minimum Gasteiger partial charge on any atom is -0.392 e. The highest BCUT2D eigenvalue weighted by Crippen LogP contribution is 2.11.